The Kier molecular flexibility index (Phi) is 2.61. The van der Waals surface area contributed by atoms with Crippen molar-refractivity contribution in [3.8, 4) is 17.3 Å². The minimum atomic E-state index is -0.409. The van der Waals surface area contributed by atoms with Gasteiger partial charge >= 0.3 is 5.76 Å². The van der Waals surface area contributed by atoms with Crippen LogP contribution < -0.4 is 5.76 Å². The highest BCUT2D eigenvalue weighted by Crippen LogP contribution is 2.22. The van der Waals surface area contributed by atoms with Gasteiger partial charge in [0.2, 0.25) is 5.82 Å². The van der Waals surface area contributed by atoms with Crippen LogP contribution >= 0.6 is 0 Å². The molecule has 6 nitrogen and oxygen atoms in total. The van der Waals surface area contributed by atoms with E-state index in [1.807, 2.05) is 12.1 Å². The first-order valence-electron chi connectivity index (χ1n) is 5.94. The molecule has 0 N–H and O–H groups in total. The third-order valence-corrected chi connectivity index (χ3v) is 3.04. The van der Waals surface area contributed by atoms with Crippen molar-refractivity contribution in [3.63, 3.8) is 0 Å². The lowest BCUT2D eigenvalue weighted by atomic mass is 10.1. The molecule has 0 bridgehead atoms. The van der Waals surface area contributed by atoms with E-state index in [-0.39, 0.29) is 5.82 Å². The fourth-order valence-electron chi connectivity index (χ4n) is 2.06. The van der Waals surface area contributed by atoms with Crippen LogP contribution in [0.25, 0.3) is 22.4 Å². The first-order valence-corrected chi connectivity index (χ1v) is 5.94. The fraction of sp³-hybridized carbons (Fsp3) is 0.143. The van der Waals surface area contributed by atoms with Crippen LogP contribution in [0.4, 0.5) is 0 Å². The van der Waals surface area contributed by atoms with Gasteiger partial charge in [-0.2, -0.15) is 5.26 Å². The number of fused-ring (bicyclic) bond motifs is 1. The maximum Gasteiger partial charge on any atom is 0.419 e. The molecule has 6 heteroatoms. The molecule has 3 rings (SSSR count). The van der Waals surface area contributed by atoms with E-state index in [0.717, 1.165) is 5.56 Å². The Labute approximate surface area is 113 Å². The van der Waals surface area contributed by atoms with E-state index in [1.54, 1.807) is 32.2 Å². The summed E-state index contributed by atoms with van der Waals surface area (Å²) < 4.78 is 6.58. The van der Waals surface area contributed by atoms with Crippen LogP contribution in [0.1, 0.15) is 11.5 Å². The number of hydrogen-bond acceptors (Lipinski definition) is 5. The highest BCUT2D eigenvalue weighted by atomic mass is 16.4. The topological polar surface area (TPSA) is 84.7 Å². The summed E-state index contributed by atoms with van der Waals surface area (Å²) in [6, 6.07) is 9.07. The van der Waals surface area contributed by atoms with E-state index in [0.29, 0.717) is 22.5 Å². The molecule has 0 saturated heterocycles. The van der Waals surface area contributed by atoms with Gasteiger partial charge in [0.1, 0.15) is 6.07 Å². The van der Waals surface area contributed by atoms with Gasteiger partial charge in [-0.25, -0.2) is 14.8 Å². The van der Waals surface area contributed by atoms with E-state index in [1.165, 1.54) is 4.57 Å². The molecular formula is C14H10N4O2. The van der Waals surface area contributed by atoms with Gasteiger partial charge in [0.15, 0.2) is 5.58 Å². The average Bonchev–Trinajstić information content (AvgIpc) is 2.73. The summed E-state index contributed by atoms with van der Waals surface area (Å²) in [5, 5.41) is 8.91. The van der Waals surface area contributed by atoms with Crippen molar-refractivity contribution in [1.29, 1.82) is 5.26 Å². The normalized spacial score (nSPS) is 10.7. The molecule has 0 saturated carbocycles. The molecule has 2 aromatic heterocycles. The van der Waals surface area contributed by atoms with E-state index in [4.69, 9.17) is 9.68 Å². The molecule has 0 aliphatic heterocycles. The average molecular weight is 266 g/mol. The van der Waals surface area contributed by atoms with Crippen molar-refractivity contribution in [3.05, 3.63) is 46.3 Å². The third kappa shape index (κ3) is 1.86. The number of nitrogens with zero attached hydrogens (tertiary/aromatic N) is 4. The highest BCUT2D eigenvalue weighted by molar-refractivity contribution is 5.79. The maximum absolute atomic E-state index is 11.5. The number of hydrogen-bond donors (Lipinski definition) is 0. The Bertz CT molecular complexity index is 915. The summed E-state index contributed by atoms with van der Waals surface area (Å²) in [6.45, 7) is 1.80. The first-order chi connectivity index (χ1) is 9.58. The molecule has 3 aromatic rings. The standard InChI is InChI=1S/C14H10N4O2/c1-8-5-10(17-13(7-15)16-8)9-3-4-11-12(6-9)20-14(19)18(11)2/h3-6H,1-2H3. The molecule has 0 unspecified atom stereocenters. The molecule has 0 amide bonds. The van der Waals surface area contributed by atoms with Gasteiger partial charge in [0.25, 0.3) is 0 Å². The van der Waals surface area contributed by atoms with Gasteiger partial charge < -0.3 is 4.42 Å². The summed E-state index contributed by atoms with van der Waals surface area (Å²) in [5.74, 6) is -0.289. The Morgan fingerprint density at radius 3 is 2.85 bits per heavy atom. The van der Waals surface area contributed by atoms with Crippen LogP contribution in [0.5, 0.6) is 0 Å². The van der Waals surface area contributed by atoms with Crippen LogP contribution in [0.3, 0.4) is 0 Å². The number of rotatable bonds is 1. The van der Waals surface area contributed by atoms with Gasteiger partial charge in [-0.05, 0) is 25.1 Å². The van der Waals surface area contributed by atoms with Crippen molar-refractivity contribution < 1.29 is 4.42 Å². The Hall–Kier alpha value is -2.94. The lowest BCUT2D eigenvalue weighted by Crippen LogP contribution is -2.08. The quantitative estimate of drug-likeness (QED) is 0.670. The lowest BCUT2D eigenvalue weighted by Gasteiger charge is -2.02. The zero-order valence-corrected chi connectivity index (χ0v) is 10.9. The Morgan fingerprint density at radius 1 is 1.30 bits per heavy atom. The second kappa shape index (κ2) is 4.31. The predicted molar refractivity (Wildman–Crippen MR) is 71.9 cm³/mol. The minimum Gasteiger partial charge on any atom is -0.408 e. The van der Waals surface area contributed by atoms with Crippen molar-refractivity contribution in [1.82, 2.24) is 14.5 Å². The first kappa shape index (κ1) is 12.1. The van der Waals surface area contributed by atoms with Gasteiger partial charge in [-0.3, -0.25) is 4.57 Å². The van der Waals surface area contributed by atoms with Crippen molar-refractivity contribution in [2.24, 2.45) is 7.05 Å². The second-order valence-electron chi connectivity index (χ2n) is 4.44. The lowest BCUT2D eigenvalue weighted by molar-refractivity contribution is 0.528. The molecule has 0 aliphatic rings. The molecule has 0 aliphatic carbocycles. The monoisotopic (exact) mass is 266 g/mol. The molecule has 0 spiro atoms. The largest absolute Gasteiger partial charge is 0.419 e. The molecular weight excluding hydrogens is 256 g/mol. The van der Waals surface area contributed by atoms with Crippen LogP contribution in [0.2, 0.25) is 0 Å². The predicted octanol–water partition coefficient (Wildman–Crippen LogP) is 1.77. The Balaban J connectivity index is 2.22. The molecule has 20 heavy (non-hydrogen) atoms. The van der Waals surface area contributed by atoms with Crippen LogP contribution in [-0.2, 0) is 7.05 Å². The summed E-state index contributed by atoms with van der Waals surface area (Å²) in [4.78, 5) is 19.6. The van der Waals surface area contributed by atoms with E-state index in [2.05, 4.69) is 9.97 Å². The summed E-state index contributed by atoms with van der Waals surface area (Å²) >= 11 is 0. The van der Waals surface area contributed by atoms with Gasteiger partial charge in [-0.1, -0.05) is 6.07 Å². The third-order valence-electron chi connectivity index (χ3n) is 3.04. The SMILES string of the molecule is Cc1cc(-c2ccc3c(c2)oc(=O)n3C)nc(C#N)n1. The van der Waals surface area contributed by atoms with Crippen LogP contribution in [0, 0.1) is 18.3 Å². The molecule has 1 aromatic carbocycles. The maximum atomic E-state index is 11.5. The molecule has 0 radical (unpaired) electrons. The second-order valence-corrected chi connectivity index (χ2v) is 4.44. The number of nitriles is 1. The molecule has 0 fully saturated rings. The fourth-order valence-corrected chi connectivity index (χ4v) is 2.06. The summed E-state index contributed by atoms with van der Waals surface area (Å²) in [5.41, 5.74) is 3.31. The van der Waals surface area contributed by atoms with Crippen LogP contribution in [-0.4, -0.2) is 14.5 Å². The summed E-state index contributed by atoms with van der Waals surface area (Å²) in [6.07, 6.45) is 0. The number of oxazole rings is 1. The van der Waals surface area contributed by atoms with E-state index in [9.17, 15) is 4.79 Å². The number of aryl methyl sites for hydroxylation is 2. The van der Waals surface area contributed by atoms with Crippen molar-refractivity contribution in [2.75, 3.05) is 0 Å². The minimum absolute atomic E-state index is 0.120. The van der Waals surface area contributed by atoms with Crippen molar-refractivity contribution in [2.45, 2.75) is 6.92 Å². The van der Waals surface area contributed by atoms with E-state index >= 15 is 0 Å². The molecule has 0 atom stereocenters. The Morgan fingerprint density at radius 2 is 2.10 bits per heavy atom. The smallest absolute Gasteiger partial charge is 0.408 e. The van der Waals surface area contributed by atoms with Gasteiger partial charge in [0, 0.05) is 18.3 Å². The molecule has 98 valence electrons. The number of benzene rings is 1. The number of aromatic nitrogens is 3. The van der Waals surface area contributed by atoms with Gasteiger partial charge in [0.05, 0.1) is 11.2 Å². The van der Waals surface area contributed by atoms with Crippen molar-refractivity contribution >= 4 is 11.1 Å². The summed E-state index contributed by atoms with van der Waals surface area (Å²) in [7, 11) is 1.65. The zero-order valence-electron chi connectivity index (χ0n) is 10.9. The van der Waals surface area contributed by atoms with Gasteiger partial charge in [-0.15, -0.1) is 0 Å². The van der Waals surface area contributed by atoms with E-state index < -0.39 is 5.76 Å². The molecule has 2 heterocycles. The highest BCUT2D eigenvalue weighted by Gasteiger charge is 2.09. The zero-order chi connectivity index (χ0) is 14.3. The van der Waals surface area contributed by atoms with Crippen LogP contribution in [0.15, 0.2) is 33.5 Å².